The Hall–Kier alpha value is -1.62. The summed E-state index contributed by atoms with van der Waals surface area (Å²) < 4.78 is 5.53. The Bertz CT molecular complexity index is 508. The normalized spacial score (nSPS) is 18.8. The van der Waals surface area contributed by atoms with Crippen LogP contribution in [0.4, 0.5) is 4.79 Å². The molecule has 0 spiro atoms. The zero-order valence-electron chi connectivity index (χ0n) is 14.8. The number of piperidine rings is 1. The maximum Gasteiger partial charge on any atom is 0.410 e. The summed E-state index contributed by atoms with van der Waals surface area (Å²) >= 11 is 0. The van der Waals surface area contributed by atoms with E-state index >= 15 is 0 Å². The van der Waals surface area contributed by atoms with Gasteiger partial charge in [0.2, 0.25) is 0 Å². The van der Waals surface area contributed by atoms with Gasteiger partial charge in [-0.15, -0.1) is 0 Å². The molecule has 128 valence electrons. The smallest absolute Gasteiger partial charge is 0.410 e. The highest BCUT2D eigenvalue weighted by molar-refractivity contribution is 5.68. The van der Waals surface area contributed by atoms with Gasteiger partial charge in [0.25, 0.3) is 0 Å². The molecule has 2 heterocycles. The maximum atomic E-state index is 12.4. The van der Waals surface area contributed by atoms with E-state index < -0.39 is 5.60 Å². The Morgan fingerprint density at radius 2 is 2.17 bits per heavy atom. The first-order valence-electron chi connectivity index (χ1n) is 8.47. The summed E-state index contributed by atoms with van der Waals surface area (Å²) in [7, 11) is 0. The van der Waals surface area contributed by atoms with Gasteiger partial charge in [-0.1, -0.05) is 6.07 Å². The topological polar surface area (TPSA) is 54.5 Å². The van der Waals surface area contributed by atoms with Crippen molar-refractivity contribution in [1.29, 1.82) is 0 Å². The van der Waals surface area contributed by atoms with E-state index in [9.17, 15) is 4.79 Å². The van der Waals surface area contributed by atoms with Gasteiger partial charge < -0.3 is 15.0 Å². The average Bonchev–Trinajstić information content (AvgIpc) is 2.48. The molecule has 1 aliphatic heterocycles. The van der Waals surface area contributed by atoms with Crippen LogP contribution in [0.5, 0.6) is 0 Å². The number of carbonyl (C=O) groups excluding carboxylic acids is 1. The van der Waals surface area contributed by atoms with Gasteiger partial charge in [-0.25, -0.2) is 4.79 Å². The molecule has 1 aromatic heterocycles. The lowest BCUT2D eigenvalue weighted by atomic mass is 10.0. The van der Waals surface area contributed by atoms with Crippen molar-refractivity contribution in [3.63, 3.8) is 0 Å². The summed E-state index contributed by atoms with van der Waals surface area (Å²) in [5, 5.41) is 3.43. The SMILES string of the molecule is Cc1ccc(CNCC2CCCCN2C(=O)OC(C)(C)C)nc1. The molecule has 0 radical (unpaired) electrons. The highest BCUT2D eigenvalue weighted by atomic mass is 16.6. The van der Waals surface area contributed by atoms with Crippen LogP contribution >= 0.6 is 0 Å². The van der Waals surface area contributed by atoms with Crippen molar-refractivity contribution < 1.29 is 9.53 Å². The Morgan fingerprint density at radius 1 is 1.39 bits per heavy atom. The fraction of sp³-hybridized carbons (Fsp3) is 0.667. The lowest BCUT2D eigenvalue weighted by Gasteiger charge is -2.36. The van der Waals surface area contributed by atoms with Crippen LogP contribution in [-0.4, -0.2) is 40.7 Å². The Labute approximate surface area is 139 Å². The van der Waals surface area contributed by atoms with E-state index in [1.54, 1.807) is 0 Å². The quantitative estimate of drug-likeness (QED) is 0.925. The van der Waals surface area contributed by atoms with Crippen LogP contribution in [0.3, 0.4) is 0 Å². The molecule has 1 N–H and O–H groups in total. The molecule has 0 saturated carbocycles. The lowest BCUT2D eigenvalue weighted by molar-refractivity contribution is 0.00993. The number of hydrogen-bond donors (Lipinski definition) is 1. The summed E-state index contributed by atoms with van der Waals surface area (Å²) in [4.78, 5) is 18.6. The number of nitrogens with one attached hydrogen (secondary N) is 1. The molecule has 1 aliphatic rings. The summed E-state index contributed by atoms with van der Waals surface area (Å²) in [5.74, 6) is 0. The third kappa shape index (κ3) is 5.82. The number of amides is 1. The molecule has 1 amide bonds. The van der Waals surface area contributed by atoms with Crippen molar-refractivity contribution in [2.24, 2.45) is 0 Å². The van der Waals surface area contributed by atoms with Gasteiger partial charge in [0.15, 0.2) is 0 Å². The lowest BCUT2D eigenvalue weighted by Crippen LogP contribution is -2.50. The Kier molecular flexibility index (Phi) is 5.99. The van der Waals surface area contributed by atoms with E-state index in [1.807, 2.05) is 44.9 Å². The molecule has 0 bridgehead atoms. The zero-order valence-corrected chi connectivity index (χ0v) is 14.8. The molecule has 23 heavy (non-hydrogen) atoms. The minimum atomic E-state index is -0.446. The summed E-state index contributed by atoms with van der Waals surface area (Å²) in [6.07, 6.45) is 4.92. The van der Waals surface area contributed by atoms with Crippen LogP contribution in [0.1, 0.15) is 51.3 Å². The van der Waals surface area contributed by atoms with E-state index in [1.165, 1.54) is 0 Å². The van der Waals surface area contributed by atoms with Crippen LogP contribution in [0, 0.1) is 6.92 Å². The van der Waals surface area contributed by atoms with Crippen LogP contribution in [0.2, 0.25) is 0 Å². The molecule has 1 saturated heterocycles. The van der Waals surface area contributed by atoms with E-state index in [0.717, 1.165) is 50.2 Å². The largest absolute Gasteiger partial charge is 0.444 e. The van der Waals surface area contributed by atoms with Crippen LogP contribution < -0.4 is 5.32 Å². The van der Waals surface area contributed by atoms with Crippen molar-refractivity contribution in [2.75, 3.05) is 13.1 Å². The molecule has 0 aliphatic carbocycles. The molecule has 5 nitrogen and oxygen atoms in total. The van der Waals surface area contributed by atoms with Gasteiger partial charge in [0.05, 0.1) is 5.69 Å². The molecule has 1 unspecified atom stereocenters. The zero-order chi connectivity index (χ0) is 16.9. The predicted octanol–water partition coefficient (Wildman–Crippen LogP) is 3.27. The van der Waals surface area contributed by atoms with E-state index in [4.69, 9.17) is 4.74 Å². The van der Waals surface area contributed by atoms with Gasteiger partial charge >= 0.3 is 6.09 Å². The minimum absolute atomic E-state index is 0.197. The number of rotatable bonds is 4. The third-order valence-electron chi connectivity index (χ3n) is 3.91. The molecule has 1 aromatic rings. The molecule has 0 aromatic carbocycles. The number of pyridine rings is 1. The molecule has 5 heteroatoms. The number of ether oxygens (including phenoxy) is 1. The van der Waals surface area contributed by atoms with Crippen molar-refractivity contribution in [3.8, 4) is 0 Å². The minimum Gasteiger partial charge on any atom is -0.444 e. The van der Waals surface area contributed by atoms with Crippen molar-refractivity contribution in [3.05, 3.63) is 29.6 Å². The Balaban J connectivity index is 1.86. The van der Waals surface area contributed by atoms with Gasteiger partial charge in [-0.05, 0) is 58.6 Å². The first kappa shape index (κ1) is 17.7. The fourth-order valence-corrected chi connectivity index (χ4v) is 2.74. The van der Waals surface area contributed by atoms with E-state index in [0.29, 0.717) is 0 Å². The fourth-order valence-electron chi connectivity index (χ4n) is 2.74. The summed E-state index contributed by atoms with van der Waals surface area (Å²) in [5.41, 5.74) is 1.74. The van der Waals surface area contributed by atoms with Gasteiger partial charge in [-0.3, -0.25) is 4.98 Å². The van der Waals surface area contributed by atoms with Crippen LogP contribution in [0.25, 0.3) is 0 Å². The van der Waals surface area contributed by atoms with Crippen molar-refractivity contribution >= 4 is 6.09 Å². The van der Waals surface area contributed by atoms with E-state index in [-0.39, 0.29) is 12.1 Å². The van der Waals surface area contributed by atoms with Crippen molar-refractivity contribution in [2.45, 2.75) is 65.1 Å². The highest BCUT2D eigenvalue weighted by Crippen LogP contribution is 2.20. The first-order valence-corrected chi connectivity index (χ1v) is 8.47. The second kappa shape index (κ2) is 7.77. The standard InChI is InChI=1S/C18H29N3O2/c1-14-8-9-15(20-11-14)12-19-13-16-7-5-6-10-21(16)17(22)23-18(2,3)4/h8-9,11,16,19H,5-7,10,12-13H2,1-4H3. The average molecular weight is 319 g/mol. The molecule has 1 atom stereocenters. The summed E-state index contributed by atoms with van der Waals surface area (Å²) in [6, 6.07) is 4.30. The monoisotopic (exact) mass is 319 g/mol. The predicted molar refractivity (Wildman–Crippen MR) is 91.3 cm³/mol. The van der Waals surface area contributed by atoms with E-state index in [2.05, 4.69) is 16.4 Å². The maximum absolute atomic E-state index is 12.4. The molecular formula is C18H29N3O2. The molecular weight excluding hydrogens is 290 g/mol. The number of aromatic nitrogens is 1. The number of nitrogens with zero attached hydrogens (tertiary/aromatic N) is 2. The van der Waals surface area contributed by atoms with Gasteiger partial charge in [0, 0.05) is 31.9 Å². The third-order valence-corrected chi connectivity index (χ3v) is 3.91. The van der Waals surface area contributed by atoms with Gasteiger partial charge in [0.1, 0.15) is 5.60 Å². The second-order valence-electron chi connectivity index (χ2n) is 7.28. The first-order chi connectivity index (χ1) is 10.8. The van der Waals surface area contributed by atoms with Gasteiger partial charge in [-0.2, -0.15) is 0 Å². The van der Waals surface area contributed by atoms with Crippen molar-refractivity contribution in [1.82, 2.24) is 15.2 Å². The number of aryl methyl sites for hydroxylation is 1. The van der Waals surface area contributed by atoms with Crippen LogP contribution in [-0.2, 0) is 11.3 Å². The number of likely N-dealkylation sites (tertiary alicyclic amines) is 1. The molecule has 2 rings (SSSR count). The highest BCUT2D eigenvalue weighted by Gasteiger charge is 2.30. The number of hydrogen-bond acceptors (Lipinski definition) is 4. The molecule has 1 fully saturated rings. The van der Waals surface area contributed by atoms with Crippen LogP contribution in [0.15, 0.2) is 18.3 Å². The second-order valence-corrected chi connectivity index (χ2v) is 7.28. The number of carbonyl (C=O) groups is 1. The Morgan fingerprint density at radius 3 is 2.83 bits per heavy atom. The summed E-state index contributed by atoms with van der Waals surface area (Å²) in [6.45, 7) is 10.0.